The minimum Gasteiger partial charge on any atom is -0.481 e. The monoisotopic (exact) mass is 223 g/mol. The average Bonchev–Trinajstić information content (AvgIpc) is 2.83. The normalized spacial score (nSPS) is 12.1. The van der Waals surface area contributed by atoms with Crippen LogP contribution in [0.3, 0.4) is 0 Å². The largest absolute Gasteiger partial charge is 0.481 e. The summed E-state index contributed by atoms with van der Waals surface area (Å²) in [5, 5.41) is 18.0. The van der Waals surface area contributed by atoms with Crippen molar-refractivity contribution in [2.24, 2.45) is 5.92 Å². The summed E-state index contributed by atoms with van der Waals surface area (Å²) in [5.41, 5.74) is 2.85. The highest BCUT2D eigenvalue weighted by Crippen LogP contribution is 2.32. The zero-order valence-electron chi connectivity index (χ0n) is 8.92. The van der Waals surface area contributed by atoms with E-state index in [0.717, 1.165) is 0 Å². The predicted octanol–water partition coefficient (Wildman–Crippen LogP) is 2.04. The van der Waals surface area contributed by atoms with E-state index in [1.807, 2.05) is 0 Å². The number of nitrogens with zero attached hydrogens (tertiary/aromatic N) is 1. The van der Waals surface area contributed by atoms with Crippen molar-refractivity contribution in [3.63, 3.8) is 0 Å². The SMILES string of the molecule is CC(CC[N+](=O)[O-])C(=O)O.c1cc2cc-2c1. The van der Waals surface area contributed by atoms with E-state index in [-0.39, 0.29) is 13.0 Å². The van der Waals surface area contributed by atoms with Gasteiger partial charge in [-0.2, -0.15) is 0 Å². The molecule has 0 aliphatic heterocycles. The van der Waals surface area contributed by atoms with E-state index in [9.17, 15) is 14.9 Å². The van der Waals surface area contributed by atoms with Gasteiger partial charge in [0.05, 0.1) is 5.92 Å². The van der Waals surface area contributed by atoms with Gasteiger partial charge in [-0.05, 0) is 17.2 Å². The second-order valence-electron chi connectivity index (χ2n) is 3.67. The number of carbonyl (C=O) groups is 1. The van der Waals surface area contributed by atoms with E-state index in [0.29, 0.717) is 0 Å². The molecular formula is C11H13NO4. The molecule has 16 heavy (non-hydrogen) atoms. The quantitative estimate of drug-likeness (QED) is 0.635. The van der Waals surface area contributed by atoms with E-state index >= 15 is 0 Å². The third-order valence-corrected chi connectivity index (χ3v) is 2.28. The zero-order chi connectivity index (χ0) is 12.1. The summed E-state index contributed by atoms with van der Waals surface area (Å²) in [6, 6.07) is 8.48. The van der Waals surface area contributed by atoms with E-state index in [2.05, 4.69) is 24.3 Å². The van der Waals surface area contributed by atoms with Crippen molar-refractivity contribution in [2.45, 2.75) is 13.3 Å². The molecule has 0 saturated carbocycles. The van der Waals surface area contributed by atoms with E-state index in [4.69, 9.17) is 5.11 Å². The van der Waals surface area contributed by atoms with Gasteiger partial charge in [0, 0.05) is 11.3 Å². The van der Waals surface area contributed by atoms with Crippen LogP contribution in [0.1, 0.15) is 13.3 Å². The molecule has 0 aromatic carbocycles. The fourth-order valence-electron chi connectivity index (χ4n) is 1.10. The first kappa shape index (κ1) is 12.2. The van der Waals surface area contributed by atoms with Crippen LogP contribution in [-0.2, 0) is 4.79 Å². The van der Waals surface area contributed by atoms with Gasteiger partial charge < -0.3 is 5.11 Å². The molecule has 0 saturated heterocycles. The molecule has 0 bridgehead atoms. The lowest BCUT2D eigenvalue weighted by Crippen LogP contribution is -2.14. The third-order valence-electron chi connectivity index (χ3n) is 2.28. The van der Waals surface area contributed by atoms with Gasteiger partial charge >= 0.3 is 5.97 Å². The van der Waals surface area contributed by atoms with Crippen molar-refractivity contribution in [1.29, 1.82) is 0 Å². The van der Waals surface area contributed by atoms with Crippen LogP contribution < -0.4 is 0 Å². The smallest absolute Gasteiger partial charge is 0.306 e. The lowest BCUT2D eigenvalue weighted by Gasteiger charge is -1.99. The number of hydrogen-bond acceptors (Lipinski definition) is 3. The zero-order valence-corrected chi connectivity index (χ0v) is 8.92. The molecule has 86 valence electrons. The maximum Gasteiger partial charge on any atom is 0.306 e. The molecule has 0 fully saturated rings. The molecule has 5 heteroatoms. The molecule has 2 aliphatic rings. The highest BCUT2D eigenvalue weighted by molar-refractivity contribution is 5.80. The molecule has 1 atom stereocenters. The molecule has 0 heterocycles. The van der Waals surface area contributed by atoms with E-state index in [1.54, 1.807) is 0 Å². The van der Waals surface area contributed by atoms with Crippen LogP contribution in [-0.4, -0.2) is 22.5 Å². The second kappa shape index (κ2) is 5.25. The molecule has 2 aliphatic carbocycles. The fraction of sp³-hybridized carbons (Fsp3) is 0.364. The summed E-state index contributed by atoms with van der Waals surface area (Å²) in [4.78, 5) is 19.3. The van der Waals surface area contributed by atoms with Crippen LogP contribution in [0.2, 0.25) is 0 Å². The van der Waals surface area contributed by atoms with Gasteiger partial charge in [0.1, 0.15) is 0 Å². The van der Waals surface area contributed by atoms with E-state index in [1.165, 1.54) is 18.1 Å². The van der Waals surface area contributed by atoms with Gasteiger partial charge in [0.15, 0.2) is 0 Å². The highest BCUT2D eigenvalue weighted by atomic mass is 16.6. The predicted molar refractivity (Wildman–Crippen MR) is 58.7 cm³/mol. The molecule has 0 aromatic rings. The third kappa shape index (κ3) is 4.08. The van der Waals surface area contributed by atoms with Crippen LogP contribution >= 0.6 is 0 Å². The topological polar surface area (TPSA) is 80.4 Å². The Bertz CT molecular complexity index is 385. The Hall–Kier alpha value is -1.91. The number of nitro groups is 1. The number of rotatable bonds is 4. The van der Waals surface area contributed by atoms with Gasteiger partial charge in [-0.15, -0.1) is 0 Å². The summed E-state index contributed by atoms with van der Waals surface area (Å²) in [7, 11) is 0. The lowest BCUT2D eigenvalue weighted by atomic mass is 10.1. The van der Waals surface area contributed by atoms with Gasteiger partial charge in [-0.25, -0.2) is 0 Å². The minimum atomic E-state index is -0.984. The second-order valence-corrected chi connectivity index (χ2v) is 3.67. The molecular weight excluding hydrogens is 210 g/mol. The Balaban J connectivity index is 0.000000176. The van der Waals surface area contributed by atoms with E-state index < -0.39 is 16.8 Å². The molecule has 2 rings (SSSR count). The number of hydrogen-bond donors (Lipinski definition) is 1. The Kier molecular flexibility index (Phi) is 3.99. The van der Waals surface area contributed by atoms with Crippen LogP contribution in [0.4, 0.5) is 0 Å². The summed E-state index contributed by atoms with van der Waals surface area (Å²) in [6.07, 6.45) is 0.0995. The highest BCUT2D eigenvalue weighted by Gasteiger charge is 2.12. The molecule has 1 N–H and O–H groups in total. The molecule has 5 nitrogen and oxygen atoms in total. The number of benzene rings is 1. The number of carboxylic acids is 1. The van der Waals surface area contributed by atoms with Crippen LogP contribution in [0.5, 0.6) is 0 Å². The molecule has 0 radical (unpaired) electrons. The summed E-state index contributed by atoms with van der Waals surface area (Å²) in [6.45, 7) is 1.18. The Labute approximate surface area is 92.9 Å². The molecule has 0 spiro atoms. The van der Waals surface area contributed by atoms with Crippen molar-refractivity contribution in [1.82, 2.24) is 0 Å². The van der Waals surface area contributed by atoms with Crippen LogP contribution in [0, 0.1) is 16.0 Å². The minimum absolute atomic E-state index is 0.0995. The van der Waals surface area contributed by atoms with Crippen molar-refractivity contribution >= 4 is 5.97 Å². The molecule has 0 amide bonds. The number of fused-ring (bicyclic) bond motifs is 1. The number of aliphatic carboxylic acids is 1. The van der Waals surface area contributed by atoms with Gasteiger partial charge in [0.25, 0.3) is 0 Å². The van der Waals surface area contributed by atoms with Crippen molar-refractivity contribution in [2.75, 3.05) is 6.54 Å². The lowest BCUT2D eigenvalue weighted by molar-refractivity contribution is -0.481. The fourth-order valence-corrected chi connectivity index (χ4v) is 1.10. The van der Waals surface area contributed by atoms with Crippen molar-refractivity contribution in [3.05, 3.63) is 34.4 Å². The first-order valence-corrected chi connectivity index (χ1v) is 4.95. The number of carboxylic acid groups (broad SMARTS) is 1. The molecule has 0 aromatic heterocycles. The van der Waals surface area contributed by atoms with Crippen LogP contribution in [0.15, 0.2) is 24.3 Å². The standard InChI is InChI=1S/C6H4.C5H9NO4/c1-2-5-4-6(5)3-1;1-4(5(7)8)2-3-6(9)10/h1-4H;4H,2-3H2,1H3,(H,7,8). The average molecular weight is 223 g/mol. The Morgan fingerprint density at radius 1 is 1.50 bits per heavy atom. The van der Waals surface area contributed by atoms with Crippen LogP contribution in [0.25, 0.3) is 11.1 Å². The Morgan fingerprint density at radius 2 is 2.06 bits per heavy atom. The summed E-state index contributed by atoms with van der Waals surface area (Å²) >= 11 is 0. The maximum absolute atomic E-state index is 10.1. The summed E-state index contributed by atoms with van der Waals surface area (Å²) in [5.74, 6) is -1.60. The first-order chi connectivity index (χ1) is 7.50. The first-order valence-electron chi connectivity index (χ1n) is 4.95. The maximum atomic E-state index is 10.1. The van der Waals surface area contributed by atoms with Crippen molar-refractivity contribution in [3.8, 4) is 11.1 Å². The van der Waals surface area contributed by atoms with Crippen molar-refractivity contribution < 1.29 is 14.8 Å². The summed E-state index contributed by atoms with van der Waals surface area (Å²) < 4.78 is 0. The van der Waals surface area contributed by atoms with Gasteiger partial charge in [0.2, 0.25) is 6.54 Å². The molecule has 1 unspecified atom stereocenters. The van der Waals surface area contributed by atoms with Gasteiger partial charge in [-0.3, -0.25) is 14.9 Å². The Morgan fingerprint density at radius 3 is 2.31 bits per heavy atom. The van der Waals surface area contributed by atoms with Gasteiger partial charge in [-0.1, -0.05) is 25.1 Å².